The molecule has 40 heavy (non-hydrogen) atoms. The zero-order chi connectivity index (χ0) is 28.6. The lowest BCUT2D eigenvalue weighted by molar-refractivity contribution is -0.137. The summed E-state index contributed by atoms with van der Waals surface area (Å²) in [6, 6.07) is 6.64. The Kier molecular flexibility index (Phi) is 7.90. The molecule has 0 bridgehead atoms. The molecule has 0 radical (unpaired) electrons. The van der Waals surface area contributed by atoms with Crippen molar-refractivity contribution in [3.05, 3.63) is 74.8 Å². The van der Waals surface area contributed by atoms with E-state index < -0.39 is 28.9 Å². The first-order valence-corrected chi connectivity index (χ1v) is 13.5. The van der Waals surface area contributed by atoms with Crippen LogP contribution in [0.25, 0.3) is 10.9 Å². The molecule has 2 aromatic carbocycles. The van der Waals surface area contributed by atoms with Crippen LogP contribution in [0.4, 0.5) is 17.6 Å². The molecule has 2 aliphatic carbocycles. The van der Waals surface area contributed by atoms with Gasteiger partial charge in [-0.15, -0.1) is 0 Å². The molecule has 0 unspecified atom stereocenters. The summed E-state index contributed by atoms with van der Waals surface area (Å²) in [7, 11) is 0. The number of benzene rings is 2. The molecule has 2 aliphatic rings. The summed E-state index contributed by atoms with van der Waals surface area (Å²) in [5.74, 6) is -1.10. The number of pyridine rings is 1. The van der Waals surface area contributed by atoms with E-state index in [-0.39, 0.29) is 58.5 Å². The number of hydrogen-bond donors (Lipinski definition) is 1. The van der Waals surface area contributed by atoms with Gasteiger partial charge in [-0.1, -0.05) is 11.6 Å². The second kappa shape index (κ2) is 11.2. The third-order valence-electron chi connectivity index (χ3n) is 7.54. The maximum absolute atomic E-state index is 14.1. The Hall–Kier alpha value is -3.40. The molecule has 11 heteroatoms. The van der Waals surface area contributed by atoms with E-state index in [1.54, 1.807) is 0 Å². The van der Waals surface area contributed by atoms with Gasteiger partial charge in [-0.25, -0.2) is 4.39 Å². The van der Waals surface area contributed by atoms with Gasteiger partial charge in [0, 0.05) is 30.1 Å². The van der Waals surface area contributed by atoms with Gasteiger partial charge < -0.3 is 14.6 Å². The number of rotatable bonds is 8. The average molecular weight is 579 g/mol. The minimum atomic E-state index is -4.44. The predicted molar refractivity (Wildman–Crippen MR) is 141 cm³/mol. The van der Waals surface area contributed by atoms with Crippen molar-refractivity contribution in [3.8, 4) is 5.75 Å². The van der Waals surface area contributed by atoms with Gasteiger partial charge >= 0.3 is 6.18 Å². The first-order valence-electron chi connectivity index (χ1n) is 13.2. The van der Waals surface area contributed by atoms with Crippen molar-refractivity contribution in [2.75, 3.05) is 6.61 Å². The first-order chi connectivity index (χ1) is 19.0. The van der Waals surface area contributed by atoms with Crippen LogP contribution in [0.15, 0.2) is 47.4 Å². The predicted octanol–water partition coefficient (Wildman–Crippen LogP) is 6.47. The molecular formula is C29H27ClF4N2O4. The SMILES string of the molecule is O=C(COc1ccc(C(F)(F)F)cc1)CC1CCC(NC(=O)c2cn(C3CC3)c3cc(Cl)c(F)cc3c2=O)CC1. The fourth-order valence-corrected chi connectivity index (χ4v) is 5.38. The van der Waals surface area contributed by atoms with E-state index in [9.17, 15) is 31.9 Å². The highest BCUT2D eigenvalue weighted by Gasteiger charge is 2.31. The Morgan fingerprint density at radius 2 is 1.70 bits per heavy atom. The van der Waals surface area contributed by atoms with Crippen LogP contribution < -0.4 is 15.5 Å². The molecule has 0 atom stereocenters. The fraction of sp³-hybridized carbons (Fsp3) is 0.414. The van der Waals surface area contributed by atoms with E-state index in [0.717, 1.165) is 31.0 Å². The normalized spacial score (nSPS) is 19.4. The van der Waals surface area contributed by atoms with Gasteiger partial charge in [0.05, 0.1) is 16.1 Å². The zero-order valence-electron chi connectivity index (χ0n) is 21.4. The smallest absolute Gasteiger partial charge is 0.416 e. The number of nitrogens with zero attached hydrogens (tertiary/aromatic N) is 1. The summed E-state index contributed by atoms with van der Waals surface area (Å²) >= 11 is 5.94. The molecule has 6 nitrogen and oxygen atoms in total. The summed E-state index contributed by atoms with van der Waals surface area (Å²) in [6.07, 6.45) is 1.77. The number of carbonyl (C=O) groups is 2. The molecule has 3 aromatic rings. The summed E-state index contributed by atoms with van der Waals surface area (Å²) in [5, 5.41) is 2.96. The summed E-state index contributed by atoms with van der Waals surface area (Å²) in [4.78, 5) is 38.6. The van der Waals surface area contributed by atoms with Crippen molar-refractivity contribution in [2.24, 2.45) is 5.92 Å². The molecular weight excluding hydrogens is 552 g/mol. The summed E-state index contributed by atoms with van der Waals surface area (Å²) < 4.78 is 59.3. The Labute approximate surface area is 232 Å². The van der Waals surface area contributed by atoms with Gasteiger partial charge in [-0.2, -0.15) is 13.2 Å². The van der Waals surface area contributed by atoms with Gasteiger partial charge in [0.2, 0.25) is 5.43 Å². The Balaban J connectivity index is 1.14. The van der Waals surface area contributed by atoms with Crippen molar-refractivity contribution in [1.82, 2.24) is 9.88 Å². The van der Waals surface area contributed by atoms with Crippen molar-refractivity contribution in [3.63, 3.8) is 0 Å². The van der Waals surface area contributed by atoms with E-state index >= 15 is 0 Å². The number of ketones is 1. The lowest BCUT2D eigenvalue weighted by Crippen LogP contribution is -2.40. The third-order valence-corrected chi connectivity index (χ3v) is 7.83. The van der Waals surface area contributed by atoms with Crippen LogP contribution in [0, 0.1) is 11.7 Å². The molecule has 0 spiro atoms. The summed E-state index contributed by atoms with van der Waals surface area (Å²) in [5.41, 5.74) is -0.878. The monoisotopic (exact) mass is 578 g/mol. The highest BCUT2D eigenvalue weighted by molar-refractivity contribution is 6.31. The number of hydrogen-bond acceptors (Lipinski definition) is 4. The highest BCUT2D eigenvalue weighted by Crippen LogP contribution is 2.38. The van der Waals surface area contributed by atoms with E-state index in [0.29, 0.717) is 31.2 Å². The Morgan fingerprint density at radius 1 is 1.02 bits per heavy atom. The van der Waals surface area contributed by atoms with Gasteiger partial charge in [0.25, 0.3) is 5.91 Å². The number of carbonyl (C=O) groups excluding carboxylic acids is 2. The van der Waals surface area contributed by atoms with Crippen molar-refractivity contribution in [1.29, 1.82) is 0 Å². The molecule has 2 fully saturated rings. The topological polar surface area (TPSA) is 77.4 Å². The van der Waals surface area contributed by atoms with Crippen LogP contribution >= 0.6 is 11.6 Å². The molecule has 0 aliphatic heterocycles. The number of fused-ring (bicyclic) bond motifs is 1. The molecule has 1 N–H and O–H groups in total. The van der Waals surface area contributed by atoms with Crippen molar-refractivity contribution < 1.29 is 31.9 Å². The van der Waals surface area contributed by atoms with Crippen LogP contribution in [0.2, 0.25) is 5.02 Å². The number of ether oxygens (including phenoxy) is 1. The fourth-order valence-electron chi connectivity index (χ4n) is 5.22. The molecule has 1 heterocycles. The van der Waals surface area contributed by atoms with Crippen LogP contribution in [0.3, 0.4) is 0 Å². The number of aromatic nitrogens is 1. The number of alkyl halides is 3. The highest BCUT2D eigenvalue weighted by atomic mass is 35.5. The molecule has 5 rings (SSSR count). The molecule has 1 amide bonds. The largest absolute Gasteiger partial charge is 0.486 e. The third kappa shape index (κ3) is 6.32. The quantitative estimate of drug-likeness (QED) is 0.311. The minimum absolute atomic E-state index is 0.0427. The number of amides is 1. The average Bonchev–Trinajstić information content (AvgIpc) is 3.75. The molecule has 1 aromatic heterocycles. The van der Waals surface area contributed by atoms with E-state index in [4.69, 9.17) is 16.3 Å². The zero-order valence-corrected chi connectivity index (χ0v) is 22.2. The van der Waals surface area contributed by atoms with Crippen LogP contribution in [-0.4, -0.2) is 28.9 Å². The van der Waals surface area contributed by atoms with Gasteiger partial charge in [0.1, 0.15) is 23.7 Å². The van der Waals surface area contributed by atoms with Crippen LogP contribution in [0.1, 0.15) is 66.9 Å². The van der Waals surface area contributed by atoms with Gasteiger partial charge in [-0.3, -0.25) is 14.4 Å². The number of Topliss-reactive ketones (excluding diaryl/α,β-unsaturated/α-hetero) is 1. The Morgan fingerprint density at radius 3 is 2.33 bits per heavy atom. The number of nitrogens with one attached hydrogen (secondary N) is 1. The maximum atomic E-state index is 14.1. The van der Waals surface area contributed by atoms with Crippen LogP contribution in [0.5, 0.6) is 5.75 Å². The first kappa shape index (κ1) is 28.1. The molecule has 212 valence electrons. The lowest BCUT2D eigenvalue weighted by Gasteiger charge is -2.29. The molecule has 0 saturated heterocycles. The second-order valence-electron chi connectivity index (χ2n) is 10.5. The van der Waals surface area contributed by atoms with E-state index in [1.165, 1.54) is 24.4 Å². The Bertz CT molecular complexity index is 1490. The van der Waals surface area contributed by atoms with Gasteiger partial charge in [-0.05, 0) is 80.8 Å². The van der Waals surface area contributed by atoms with Crippen molar-refractivity contribution >= 4 is 34.2 Å². The standard InChI is InChI=1S/C29H27ClF4N2O4/c30-24-13-26-22(12-25(24)31)27(38)23(14-36(26)19-7-8-19)28(39)35-18-5-1-16(2-6-18)11-20(37)15-40-21-9-3-17(4-10-21)29(32,33)34/h3-4,9-10,12-14,16,18-19H,1-2,5-8,11,15H2,(H,35,39). The van der Waals surface area contributed by atoms with Gasteiger partial charge in [0.15, 0.2) is 5.78 Å². The molecule has 2 saturated carbocycles. The van der Waals surface area contributed by atoms with E-state index in [2.05, 4.69) is 5.32 Å². The lowest BCUT2D eigenvalue weighted by atomic mass is 9.83. The van der Waals surface area contributed by atoms with Crippen molar-refractivity contribution in [2.45, 2.75) is 63.2 Å². The second-order valence-corrected chi connectivity index (χ2v) is 10.9. The number of halogens is 5. The van der Waals surface area contributed by atoms with Crippen LogP contribution in [-0.2, 0) is 11.0 Å². The van der Waals surface area contributed by atoms with E-state index in [1.807, 2.05) is 4.57 Å². The minimum Gasteiger partial charge on any atom is -0.486 e. The summed E-state index contributed by atoms with van der Waals surface area (Å²) in [6.45, 7) is -0.233. The maximum Gasteiger partial charge on any atom is 0.416 e.